The summed E-state index contributed by atoms with van der Waals surface area (Å²) in [5.74, 6) is -0.820. The van der Waals surface area contributed by atoms with Crippen LogP contribution in [-0.2, 0) is 9.53 Å². The number of carbonyl (C=O) groups is 2. The van der Waals surface area contributed by atoms with E-state index in [1.54, 1.807) is 18.2 Å². The number of aliphatic hydroxyl groups is 1. The average Bonchev–Trinajstić information content (AvgIpc) is 2.79. The van der Waals surface area contributed by atoms with Gasteiger partial charge in [0.15, 0.2) is 0 Å². The summed E-state index contributed by atoms with van der Waals surface area (Å²) in [7, 11) is 1.27. The first-order valence-electron chi connectivity index (χ1n) is 5.96. The molecule has 2 unspecified atom stereocenters. The SMILES string of the molecule is COC(=O)C1CC(O)CN1C(=O)c1ccc(Br)cc1Br. The molecule has 1 aliphatic rings. The van der Waals surface area contributed by atoms with E-state index in [9.17, 15) is 14.7 Å². The van der Waals surface area contributed by atoms with Crippen molar-refractivity contribution in [1.82, 2.24) is 4.90 Å². The molecule has 5 nitrogen and oxygen atoms in total. The maximum atomic E-state index is 12.5. The van der Waals surface area contributed by atoms with Crippen molar-refractivity contribution in [3.05, 3.63) is 32.7 Å². The van der Waals surface area contributed by atoms with E-state index in [1.807, 2.05) is 0 Å². The Kier molecular flexibility index (Phi) is 4.82. The van der Waals surface area contributed by atoms with Gasteiger partial charge in [0.2, 0.25) is 0 Å². The van der Waals surface area contributed by atoms with Gasteiger partial charge in [-0.2, -0.15) is 0 Å². The van der Waals surface area contributed by atoms with Crippen LogP contribution >= 0.6 is 31.9 Å². The summed E-state index contributed by atoms with van der Waals surface area (Å²) in [5, 5.41) is 9.70. The average molecular weight is 407 g/mol. The van der Waals surface area contributed by atoms with Crippen LogP contribution in [-0.4, -0.2) is 47.7 Å². The van der Waals surface area contributed by atoms with Gasteiger partial charge in [-0.15, -0.1) is 0 Å². The van der Waals surface area contributed by atoms with Crippen molar-refractivity contribution in [1.29, 1.82) is 0 Å². The lowest BCUT2D eigenvalue weighted by Gasteiger charge is -2.22. The van der Waals surface area contributed by atoms with Gasteiger partial charge in [0.05, 0.1) is 18.8 Å². The molecule has 1 fully saturated rings. The van der Waals surface area contributed by atoms with Crippen LogP contribution in [0.4, 0.5) is 0 Å². The summed E-state index contributed by atoms with van der Waals surface area (Å²) < 4.78 is 6.15. The number of benzene rings is 1. The third kappa shape index (κ3) is 3.05. The summed E-state index contributed by atoms with van der Waals surface area (Å²) in [6.07, 6.45) is -0.510. The third-order valence-electron chi connectivity index (χ3n) is 3.17. The van der Waals surface area contributed by atoms with Crippen LogP contribution in [0.3, 0.4) is 0 Å². The zero-order valence-electron chi connectivity index (χ0n) is 10.7. The smallest absolute Gasteiger partial charge is 0.328 e. The highest BCUT2D eigenvalue weighted by Gasteiger charge is 2.40. The predicted octanol–water partition coefficient (Wildman–Crippen LogP) is 1.96. The summed E-state index contributed by atoms with van der Waals surface area (Å²) in [6.45, 7) is 0.126. The molecule has 1 saturated heterocycles. The van der Waals surface area contributed by atoms with Gasteiger partial charge in [0, 0.05) is 21.9 Å². The van der Waals surface area contributed by atoms with Crippen molar-refractivity contribution in [3.8, 4) is 0 Å². The fraction of sp³-hybridized carbons (Fsp3) is 0.385. The predicted molar refractivity (Wildman–Crippen MR) is 79.3 cm³/mol. The number of carbonyl (C=O) groups excluding carboxylic acids is 2. The molecule has 2 rings (SSSR count). The van der Waals surface area contributed by atoms with Gasteiger partial charge in [-0.25, -0.2) is 4.79 Å². The van der Waals surface area contributed by atoms with Crippen LogP contribution in [0.2, 0.25) is 0 Å². The van der Waals surface area contributed by atoms with Gasteiger partial charge < -0.3 is 14.7 Å². The highest BCUT2D eigenvalue weighted by Crippen LogP contribution is 2.27. The quantitative estimate of drug-likeness (QED) is 0.762. The highest BCUT2D eigenvalue weighted by molar-refractivity contribution is 9.11. The lowest BCUT2D eigenvalue weighted by atomic mass is 10.1. The molecule has 1 aromatic carbocycles. The maximum absolute atomic E-state index is 12.5. The second kappa shape index (κ2) is 6.24. The molecule has 7 heteroatoms. The third-order valence-corrected chi connectivity index (χ3v) is 4.32. The highest BCUT2D eigenvalue weighted by atomic mass is 79.9. The van der Waals surface area contributed by atoms with Crippen LogP contribution in [0.25, 0.3) is 0 Å². The number of halogens is 2. The van der Waals surface area contributed by atoms with Gasteiger partial charge in [-0.3, -0.25) is 4.79 Å². The molecule has 0 saturated carbocycles. The molecule has 0 spiro atoms. The molecule has 1 N–H and O–H groups in total. The Labute approximate surface area is 133 Å². The number of nitrogens with zero attached hydrogens (tertiary/aromatic N) is 1. The van der Waals surface area contributed by atoms with Gasteiger partial charge in [-0.05, 0) is 34.1 Å². The molecule has 0 aromatic heterocycles. The van der Waals surface area contributed by atoms with Crippen molar-refractivity contribution in [3.63, 3.8) is 0 Å². The van der Waals surface area contributed by atoms with E-state index in [2.05, 4.69) is 36.6 Å². The molecular formula is C13H13Br2NO4. The normalized spacial score (nSPS) is 21.9. The van der Waals surface area contributed by atoms with E-state index >= 15 is 0 Å². The molecule has 1 aromatic rings. The van der Waals surface area contributed by atoms with Gasteiger partial charge >= 0.3 is 5.97 Å². The van der Waals surface area contributed by atoms with E-state index in [4.69, 9.17) is 0 Å². The molecule has 108 valence electrons. The molecule has 1 heterocycles. The molecule has 2 atom stereocenters. The fourth-order valence-electron chi connectivity index (χ4n) is 2.22. The Balaban J connectivity index is 2.29. The molecule has 1 amide bonds. The second-order valence-corrected chi connectivity index (χ2v) is 6.28. The number of ether oxygens (including phenoxy) is 1. The second-order valence-electron chi connectivity index (χ2n) is 4.51. The minimum Gasteiger partial charge on any atom is -0.467 e. The largest absolute Gasteiger partial charge is 0.467 e. The van der Waals surface area contributed by atoms with Crippen molar-refractivity contribution in [2.45, 2.75) is 18.6 Å². The standard InChI is InChI=1S/C13H13Br2NO4/c1-20-13(19)11-5-8(17)6-16(11)12(18)9-3-2-7(14)4-10(9)15/h2-4,8,11,17H,5-6H2,1H3. The van der Waals surface area contributed by atoms with Crippen molar-refractivity contribution >= 4 is 43.7 Å². The van der Waals surface area contributed by atoms with Crippen molar-refractivity contribution in [2.24, 2.45) is 0 Å². The number of amides is 1. The van der Waals surface area contributed by atoms with E-state index in [-0.39, 0.29) is 18.9 Å². The molecule has 0 aliphatic carbocycles. The molecule has 1 aliphatic heterocycles. The summed E-state index contributed by atoms with van der Waals surface area (Å²) >= 11 is 6.64. The van der Waals surface area contributed by atoms with Crippen molar-refractivity contribution < 1.29 is 19.4 Å². The van der Waals surface area contributed by atoms with Crippen LogP contribution in [0.5, 0.6) is 0 Å². The molecular weight excluding hydrogens is 394 g/mol. The van der Waals surface area contributed by atoms with E-state index in [1.165, 1.54) is 12.0 Å². The number of likely N-dealkylation sites (tertiary alicyclic amines) is 1. The summed E-state index contributed by atoms with van der Waals surface area (Å²) in [6, 6.07) is 4.43. The van der Waals surface area contributed by atoms with E-state index in [0.29, 0.717) is 10.0 Å². The Morgan fingerprint density at radius 2 is 2.10 bits per heavy atom. The van der Waals surface area contributed by atoms with Gasteiger partial charge in [0.1, 0.15) is 6.04 Å². The van der Waals surface area contributed by atoms with Crippen LogP contribution in [0.1, 0.15) is 16.8 Å². The molecule has 20 heavy (non-hydrogen) atoms. The lowest BCUT2D eigenvalue weighted by molar-refractivity contribution is -0.145. The zero-order valence-corrected chi connectivity index (χ0v) is 13.8. The van der Waals surface area contributed by atoms with Crippen LogP contribution in [0, 0.1) is 0 Å². The number of rotatable bonds is 2. The lowest BCUT2D eigenvalue weighted by Crippen LogP contribution is -2.41. The first-order valence-corrected chi connectivity index (χ1v) is 7.54. The Bertz CT molecular complexity index is 549. The maximum Gasteiger partial charge on any atom is 0.328 e. The number of hydrogen-bond acceptors (Lipinski definition) is 4. The number of aliphatic hydroxyl groups excluding tert-OH is 1. The van der Waals surface area contributed by atoms with Gasteiger partial charge in [0.25, 0.3) is 5.91 Å². The van der Waals surface area contributed by atoms with Crippen LogP contribution < -0.4 is 0 Å². The Morgan fingerprint density at radius 1 is 1.40 bits per heavy atom. The van der Waals surface area contributed by atoms with E-state index in [0.717, 1.165) is 4.47 Å². The summed E-state index contributed by atoms with van der Waals surface area (Å²) in [5.41, 5.74) is 0.441. The minimum absolute atomic E-state index is 0.126. The fourth-order valence-corrected chi connectivity index (χ4v) is 3.43. The number of hydrogen-bond donors (Lipinski definition) is 1. The minimum atomic E-state index is -0.738. The van der Waals surface area contributed by atoms with Crippen LogP contribution in [0.15, 0.2) is 27.1 Å². The number of β-amino-alcohol motifs (C(OH)–C–C–N with tert-alkyl or cyclic N) is 1. The number of methoxy groups -OCH3 is 1. The first kappa shape index (κ1) is 15.5. The molecule has 0 radical (unpaired) electrons. The Hall–Kier alpha value is -0.920. The summed E-state index contributed by atoms with van der Waals surface area (Å²) in [4.78, 5) is 25.6. The monoisotopic (exact) mass is 405 g/mol. The topological polar surface area (TPSA) is 66.8 Å². The van der Waals surface area contributed by atoms with E-state index < -0.39 is 18.1 Å². The zero-order chi connectivity index (χ0) is 14.9. The van der Waals surface area contributed by atoms with Gasteiger partial charge in [-0.1, -0.05) is 15.9 Å². The molecule has 0 bridgehead atoms. The van der Waals surface area contributed by atoms with Crippen molar-refractivity contribution in [2.75, 3.05) is 13.7 Å². The number of esters is 1. The first-order chi connectivity index (χ1) is 9.43. The Morgan fingerprint density at radius 3 is 2.70 bits per heavy atom.